The van der Waals surface area contributed by atoms with Gasteiger partial charge in [0.15, 0.2) is 0 Å². The minimum atomic E-state index is -0.310. The first-order valence-corrected chi connectivity index (χ1v) is 11.0. The van der Waals surface area contributed by atoms with E-state index in [0.29, 0.717) is 31.1 Å². The molecule has 4 rings (SSSR count). The van der Waals surface area contributed by atoms with E-state index in [9.17, 15) is 4.79 Å². The predicted octanol–water partition coefficient (Wildman–Crippen LogP) is 3.52. The summed E-state index contributed by atoms with van der Waals surface area (Å²) in [6, 6.07) is 11.5. The van der Waals surface area contributed by atoms with Crippen molar-refractivity contribution in [2.75, 3.05) is 46.3 Å². The number of nitrogens with one attached hydrogen (secondary N) is 2. The molecule has 0 aliphatic carbocycles. The largest absolute Gasteiger partial charge is 0.497 e. The number of likely N-dealkylation sites (N-methyl/N-ethyl adjacent to an activating group) is 1. The van der Waals surface area contributed by atoms with E-state index in [2.05, 4.69) is 15.5 Å². The summed E-state index contributed by atoms with van der Waals surface area (Å²) in [4.78, 5) is 15.2. The lowest BCUT2D eigenvalue weighted by molar-refractivity contribution is -0.121. The summed E-state index contributed by atoms with van der Waals surface area (Å²) in [6.45, 7) is 3.57. The first-order chi connectivity index (χ1) is 15.9. The smallest absolute Gasteiger partial charge is 0.231 e. The number of fused-ring (bicyclic) bond motifs is 1. The average Bonchev–Trinajstić information content (AvgIpc) is 3.24. The maximum atomic E-state index is 13.1. The molecule has 1 aliphatic rings. The SMILES string of the molecule is COc1ccc2c(c1)C[C@H](C(=O)Nc1ccc(-c3cn[nH]c3C)cc1OCCN(C)C)CO2. The van der Waals surface area contributed by atoms with Gasteiger partial charge in [0.2, 0.25) is 5.91 Å². The highest BCUT2D eigenvalue weighted by molar-refractivity contribution is 5.95. The lowest BCUT2D eigenvalue weighted by Gasteiger charge is -2.25. The van der Waals surface area contributed by atoms with Crippen LogP contribution in [0.4, 0.5) is 5.69 Å². The number of hydrogen-bond donors (Lipinski definition) is 2. The maximum Gasteiger partial charge on any atom is 0.231 e. The van der Waals surface area contributed by atoms with E-state index in [1.807, 2.05) is 62.3 Å². The van der Waals surface area contributed by atoms with Crippen molar-refractivity contribution in [3.05, 3.63) is 53.9 Å². The number of carbonyl (C=O) groups is 1. The number of carbonyl (C=O) groups excluding carboxylic acids is 1. The Morgan fingerprint density at radius 1 is 1.27 bits per heavy atom. The van der Waals surface area contributed by atoms with Gasteiger partial charge in [0.25, 0.3) is 0 Å². The third kappa shape index (κ3) is 5.28. The zero-order valence-electron chi connectivity index (χ0n) is 19.5. The molecule has 8 nitrogen and oxygen atoms in total. The molecule has 0 fully saturated rings. The van der Waals surface area contributed by atoms with Gasteiger partial charge in [-0.25, -0.2) is 0 Å². The van der Waals surface area contributed by atoms with Gasteiger partial charge in [0.05, 0.1) is 24.9 Å². The molecular weight excluding hydrogens is 420 g/mol. The molecule has 0 radical (unpaired) electrons. The Bertz CT molecular complexity index is 1130. The Morgan fingerprint density at radius 2 is 2.12 bits per heavy atom. The van der Waals surface area contributed by atoms with Crippen LogP contribution >= 0.6 is 0 Å². The second-order valence-corrected chi connectivity index (χ2v) is 8.45. The van der Waals surface area contributed by atoms with Crippen molar-refractivity contribution in [2.45, 2.75) is 13.3 Å². The van der Waals surface area contributed by atoms with Crippen LogP contribution in [0.2, 0.25) is 0 Å². The van der Waals surface area contributed by atoms with Gasteiger partial charge >= 0.3 is 0 Å². The first-order valence-electron chi connectivity index (χ1n) is 11.0. The van der Waals surface area contributed by atoms with Crippen molar-refractivity contribution in [1.82, 2.24) is 15.1 Å². The molecule has 0 bridgehead atoms. The number of methoxy groups -OCH3 is 1. The number of aryl methyl sites for hydroxylation is 1. The number of benzene rings is 2. The molecular formula is C25H30N4O4. The molecule has 2 heterocycles. The number of H-pyrrole nitrogens is 1. The normalized spacial score (nSPS) is 15.0. The molecule has 3 aromatic rings. The van der Waals surface area contributed by atoms with E-state index in [1.54, 1.807) is 13.3 Å². The van der Waals surface area contributed by atoms with Crippen molar-refractivity contribution in [1.29, 1.82) is 0 Å². The third-order valence-corrected chi connectivity index (χ3v) is 5.72. The maximum absolute atomic E-state index is 13.1. The summed E-state index contributed by atoms with van der Waals surface area (Å²) in [5.74, 6) is 1.76. The fraction of sp³-hybridized carbons (Fsp3) is 0.360. The highest BCUT2D eigenvalue weighted by Gasteiger charge is 2.27. The van der Waals surface area contributed by atoms with Gasteiger partial charge in [0, 0.05) is 17.8 Å². The zero-order valence-corrected chi connectivity index (χ0v) is 19.5. The van der Waals surface area contributed by atoms with Crippen molar-refractivity contribution in [3.8, 4) is 28.4 Å². The third-order valence-electron chi connectivity index (χ3n) is 5.72. The summed E-state index contributed by atoms with van der Waals surface area (Å²) in [5.41, 5.74) is 4.55. The Morgan fingerprint density at radius 3 is 2.85 bits per heavy atom. The summed E-state index contributed by atoms with van der Waals surface area (Å²) >= 11 is 0. The molecule has 2 N–H and O–H groups in total. The van der Waals surface area contributed by atoms with Crippen LogP contribution < -0.4 is 19.5 Å². The number of ether oxygens (including phenoxy) is 3. The van der Waals surface area contributed by atoms with Crippen LogP contribution in [0.1, 0.15) is 11.3 Å². The number of rotatable bonds is 8. The van der Waals surface area contributed by atoms with Gasteiger partial charge in [-0.1, -0.05) is 6.07 Å². The Hall–Kier alpha value is -3.52. The van der Waals surface area contributed by atoms with Crippen molar-refractivity contribution in [2.24, 2.45) is 5.92 Å². The van der Waals surface area contributed by atoms with Crippen molar-refractivity contribution >= 4 is 11.6 Å². The quantitative estimate of drug-likeness (QED) is 0.546. The van der Waals surface area contributed by atoms with Gasteiger partial charge in [-0.2, -0.15) is 5.10 Å². The molecule has 1 aliphatic heterocycles. The molecule has 1 amide bonds. The summed E-state index contributed by atoms with van der Waals surface area (Å²) in [7, 11) is 5.61. The minimum Gasteiger partial charge on any atom is -0.497 e. The summed E-state index contributed by atoms with van der Waals surface area (Å²) < 4.78 is 17.2. The Kier molecular flexibility index (Phi) is 6.84. The molecule has 0 saturated carbocycles. The van der Waals surface area contributed by atoms with E-state index in [-0.39, 0.29) is 11.8 Å². The highest BCUT2D eigenvalue weighted by atomic mass is 16.5. The van der Waals surface area contributed by atoms with Crippen LogP contribution in [0.5, 0.6) is 17.2 Å². The first kappa shape index (κ1) is 22.7. The van der Waals surface area contributed by atoms with Crippen LogP contribution in [0, 0.1) is 12.8 Å². The van der Waals surface area contributed by atoms with Gasteiger partial charge in [-0.05, 0) is 68.9 Å². The number of aromatic nitrogens is 2. The number of anilines is 1. The second-order valence-electron chi connectivity index (χ2n) is 8.45. The molecule has 2 aromatic carbocycles. The van der Waals surface area contributed by atoms with Gasteiger partial charge in [-0.3, -0.25) is 9.89 Å². The number of amides is 1. The Labute approximate surface area is 193 Å². The molecule has 174 valence electrons. The molecule has 0 unspecified atom stereocenters. The number of aromatic amines is 1. The molecule has 1 atom stereocenters. The topological polar surface area (TPSA) is 88.7 Å². The molecule has 0 spiro atoms. The molecule has 0 saturated heterocycles. The van der Waals surface area contributed by atoms with Crippen molar-refractivity contribution in [3.63, 3.8) is 0 Å². The number of hydrogen-bond acceptors (Lipinski definition) is 6. The van der Waals surface area contributed by atoms with Gasteiger partial charge < -0.3 is 24.4 Å². The van der Waals surface area contributed by atoms with Crippen LogP contribution in [0.25, 0.3) is 11.1 Å². The Balaban J connectivity index is 1.53. The standard InChI is InChI=1S/C25H30N4O4/c1-16-21(14-26-28-16)17-5-7-22(24(13-17)32-10-9-29(2)3)27-25(30)19-11-18-12-20(31-4)6-8-23(18)33-15-19/h5-8,12-14,19H,9-11,15H2,1-4H3,(H,26,28)(H,27,30)/t19-/m0/s1. The molecule has 33 heavy (non-hydrogen) atoms. The van der Waals surface area contributed by atoms with E-state index < -0.39 is 0 Å². The summed E-state index contributed by atoms with van der Waals surface area (Å²) in [5, 5.41) is 10.1. The lowest BCUT2D eigenvalue weighted by atomic mass is 9.95. The summed E-state index contributed by atoms with van der Waals surface area (Å²) in [6.07, 6.45) is 2.37. The number of nitrogens with zero attached hydrogens (tertiary/aromatic N) is 2. The van der Waals surface area contributed by atoms with E-state index in [4.69, 9.17) is 14.2 Å². The molecule has 8 heteroatoms. The predicted molar refractivity (Wildman–Crippen MR) is 127 cm³/mol. The zero-order chi connectivity index (χ0) is 23.4. The monoisotopic (exact) mass is 450 g/mol. The van der Waals surface area contributed by atoms with E-state index in [0.717, 1.165) is 40.4 Å². The highest BCUT2D eigenvalue weighted by Crippen LogP contribution is 2.34. The van der Waals surface area contributed by atoms with Gasteiger partial charge in [-0.15, -0.1) is 0 Å². The minimum absolute atomic E-state index is 0.104. The van der Waals surface area contributed by atoms with E-state index in [1.165, 1.54) is 0 Å². The van der Waals surface area contributed by atoms with Gasteiger partial charge in [0.1, 0.15) is 30.5 Å². The van der Waals surface area contributed by atoms with Crippen LogP contribution in [0.15, 0.2) is 42.6 Å². The van der Waals surface area contributed by atoms with E-state index >= 15 is 0 Å². The molecule has 1 aromatic heterocycles. The fourth-order valence-corrected chi connectivity index (χ4v) is 3.79. The van der Waals surface area contributed by atoms with Crippen LogP contribution in [-0.2, 0) is 11.2 Å². The van der Waals surface area contributed by atoms with Crippen LogP contribution in [-0.4, -0.2) is 62.0 Å². The van der Waals surface area contributed by atoms with Crippen molar-refractivity contribution < 1.29 is 19.0 Å². The second kappa shape index (κ2) is 9.95. The lowest BCUT2D eigenvalue weighted by Crippen LogP contribution is -2.32. The average molecular weight is 451 g/mol. The fourth-order valence-electron chi connectivity index (χ4n) is 3.79. The van der Waals surface area contributed by atoms with Crippen LogP contribution in [0.3, 0.4) is 0 Å².